The molecule has 0 radical (unpaired) electrons. The van der Waals surface area contributed by atoms with Gasteiger partial charge in [0.1, 0.15) is 5.37 Å². The number of hydrogen-bond donors (Lipinski definition) is 1. The Kier molecular flexibility index (Phi) is 3.83. The maximum atomic E-state index is 12.4. The van der Waals surface area contributed by atoms with Gasteiger partial charge in [0, 0.05) is 18.7 Å². The molecule has 22 heavy (non-hydrogen) atoms. The minimum Gasteiger partial charge on any atom is -0.325 e. The monoisotopic (exact) mass is 314 g/mol. The van der Waals surface area contributed by atoms with E-state index in [1.165, 1.54) is 11.6 Å². The summed E-state index contributed by atoms with van der Waals surface area (Å²) in [6, 6.07) is 9.53. The number of thioether (sulfide) groups is 1. The van der Waals surface area contributed by atoms with Crippen LogP contribution in [0.5, 0.6) is 0 Å². The molecule has 1 aromatic heterocycles. The summed E-state index contributed by atoms with van der Waals surface area (Å²) in [5.74, 6) is -0.0909. The minimum atomic E-state index is -0.239. The quantitative estimate of drug-likeness (QED) is 0.947. The van der Waals surface area contributed by atoms with Crippen molar-refractivity contribution in [3.8, 4) is 11.3 Å². The number of pyridine rings is 1. The number of fused-ring (bicyclic) bond motifs is 1. The standard InChI is InChI=1S/C17H18N2O2S/c1-4-10-5-7-11(8-6-10)15-14-12(9-13(20)18-15)16(21)19(2)17(14)22-3/h5-9,17H,4H2,1-3H3,(H,18,20). The van der Waals surface area contributed by atoms with Crippen LogP contribution in [0.15, 0.2) is 35.1 Å². The fourth-order valence-electron chi connectivity index (χ4n) is 2.90. The lowest BCUT2D eigenvalue weighted by Gasteiger charge is -2.19. The Morgan fingerprint density at radius 2 is 1.91 bits per heavy atom. The summed E-state index contributed by atoms with van der Waals surface area (Å²) < 4.78 is 0. The number of aromatic nitrogens is 1. The van der Waals surface area contributed by atoms with Gasteiger partial charge in [-0.1, -0.05) is 31.2 Å². The van der Waals surface area contributed by atoms with Crippen molar-refractivity contribution in [2.75, 3.05) is 13.3 Å². The van der Waals surface area contributed by atoms with E-state index in [-0.39, 0.29) is 16.8 Å². The van der Waals surface area contributed by atoms with Crippen molar-refractivity contribution in [3.05, 3.63) is 57.4 Å². The van der Waals surface area contributed by atoms with E-state index in [0.717, 1.165) is 23.2 Å². The Bertz CT molecular complexity index is 780. The van der Waals surface area contributed by atoms with E-state index in [1.54, 1.807) is 23.7 Å². The Balaban J connectivity index is 2.23. The normalized spacial score (nSPS) is 17.0. The second-order valence-electron chi connectivity index (χ2n) is 5.39. The molecule has 5 heteroatoms. The molecule has 0 saturated heterocycles. The van der Waals surface area contributed by atoms with Crippen LogP contribution in [0.25, 0.3) is 11.3 Å². The summed E-state index contributed by atoms with van der Waals surface area (Å²) in [7, 11) is 1.78. The van der Waals surface area contributed by atoms with E-state index in [0.29, 0.717) is 5.56 Å². The highest BCUT2D eigenvalue weighted by molar-refractivity contribution is 7.98. The second kappa shape index (κ2) is 5.65. The molecule has 1 atom stereocenters. The lowest BCUT2D eigenvalue weighted by Crippen LogP contribution is -2.21. The zero-order valence-corrected chi connectivity index (χ0v) is 13.7. The van der Waals surface area contributed by atoms with Gasteiger partial charge < -0.3 is 9.88 Å². The number of hydrogen-bond acceptors (Lipinski definition) is 3. The van der Waals surface area contributed by atoms with Gasteiger partial charge in [0.05, 0.1) is 11.3 Å². The highest BCUT2D eigenvalue weighted by Gasteiger charge is 2.36. The molecule has 0 spiro atoms. The molecule has 1 aromatic carbocycles. The molecular formula is C17H18N2O2S. The highest BCUT2D eigenvalue weighted by Crippen LogP contribution is 2.42. The molecule has 0 bridgehead atoms. The van der Waals surface area contributed by atoms with Crippen molar-refractivity contribution in [1.82, 2.24) is 9.88 Å². The van der Waals surface area contributed by atoms with E-state index in [4.69, 9.17) is 0 Å². The number of benzene rings is 1. The molecule has 0 aliphatic carbocycles. The first-order valence-electron chi connectivity index (χ1n) is 7.23. The van der Waals surface area contributed by atoms with Crippen molar-refractivity contribution in [2.24, 2.45) is 0 Å². The van der Waals surface area contributed by atoms with Crippen molar-refractivity contribution in [1.29, 1.82) is 0 Å². The predicted octanol–water partition coefficient (Wildman–Crippen LogP) is 3.05. The van der Waals surface area contributed by atoms with Gasteiger partial charge >= 0.3 is 0 Å². The Hall–Kier alpha value is -2.01. The Morgan fingerprint density at radius 3 is 2.50 bits per heavy atom. The van der Waals surface area contributed by atoms with Crippen LogP contribution in [0.2, 0.25) is 0 Å². The third-order valence-corrected chi connectivity index (χ3v) is 5.11. The van der Waals surface area contributed by atoms with E-state index in [9.17, 15) is 9.59 Å². The smallest absolute Gasteiger partial charge is 0.255 e. The molecule has 4 nitrogen and oxygen atoms in total. The number of rotatable bonds is 3. The van der Waals surface area contributed by atoms with Crippen LogP contribution in [0.1, 0.15) is 33.8 Å². The number of aromatic amines is 1. The molecule has 1 aliphatic rings. The predicted molar refractivity (Wildman–Crippen MR) is 90.2 cm³/mol. The van der Waals surface area contributed by atoms with Crippen LogP contribution >= 0.6 is 11.8 Å². The molecule has 0 saturated carbocycles. The molecule has 1 N–H and O–H groups in total. The van der Waals surface area contributed by atoms with Crippen LogP contribution in [0, 0.1) is 0 Å². The summed E-state index contributed by atoms with van der Waals surface area (Å²) in [5.41, 5.74) is 4.12. The SMILES string of the molecule is CCc1ccc(-c2[nH]c(=O)cc3c2C(SC)N(C)C3=O)cc1. The largest absolute Gasteiger partial charge is 0.325 e. The van der Waals surface area contributed by atoms with Crippen LogP contribution in [0.4, 0.5) is 0 Å². The van der Waals surface area contributed by atoms with Crippen molar-refractivity contribution < 1.29 is 4.79 Å². The maximum Gasteiger partial charge on any atom is 0.255 e. The maximum absolute atomic E-state index is 12.4. The summed E-state index contributed by atoms with van der Waals surface area (Å²) in [6.45, 7) is 2.11. The van der Waals surface area contributed by atoms with Crippen molar-refractivity contribution in [3.63, 3.8) is 0 Å². The third kappa shape index (κ3) is 2.25. The van der Waals surface area contributed by atoms with Gasteiger partial charge in [0.15, 0.2) is 0 Å². The van der Waals surface area contributed by atoms with Crippen LogP contribution in [-0.2, 0) is 6.42 Å². The first-order chi connectivity index (χ1) is 10.6. The van der Waals surface area contributed by atoms with Gasteiger partial charge in [-0.3, -0.25) is 9.59 Å². The number of aryl methyl sites for hydroxylation is 1. The number of carbonyl (C=O) groups is 1. The fourth-order valence-corrected chi connectivity index (χ4v) is 3.80. The van der Waals surface area contributed by atoms with Gasteiger partial charge in [-0.25, -0.2) is 0 Å². The van der Waals surface area contributed by atoms with E-state index in [2.05, 4.69) is 24.0 Å². The Morgan fingerprint density at radius 1 is 1.23 bits per heavy atom. The zero-order chi connectivity index (χ0) is 15.9. The summed E-state index contributed by atoms with van der Waals surface area (Å²) in [6.07, 6.45) is 2.94. The molecule has 0 fully saturated rings. The van der Waals surface area contributed by atoms with Crippen LogP contribution < -0.4 is 5.56 Å². The fraction of sp³-hybridized carbons (Fsp3) is 0.294. The van der Waals surface area contributed by atoms with Crippen LogP contribution in [0.3, 0.4) is 0 Å². The summed E-state index contributed by atoms with van der Waals surface area (Å²) >= 11 is 1.59. The molecule has 1 amide bonds. The van der Waals surface area contributed by atoms with Gasteiger partial charge in [0.25, 0.3) is 5.91 Å². The van der Waals surface area contributed by atoms with Gasteiger partial charge in [0.2, 0.25) is 5.56 Å². The van der Waals surface area contributed by atoms with Crippen LogP contribution in [-0.4, -0.2) is 29.1 Å². The van der Waals surface area contributed by atoms with E-state index >= 15 is 0 Å². The van der Waals surface area contributed by atoms with Crippen molar-refractivity contribution >= 4 is 17.7 Å². The van der Waals surface area contributed by atoms with E-state index < -0.39 is 0 Å². The molecule has 1 aliphatic heterocycles. The Labute approximate surface area is 133 Å². The van der Waals surface area contributed by atoms with Crippen molar-refractivity contribution in [2.45, 2.75) is 18.7 Å². The molecule has 114 valence electrons. The molecule has 3 rings (SSSR count). The first-order valence-corrected chi connectivity index (χ1v) is 8.52. The number of carbonyl (C=O) groups excluding carboxylic acids is 1. The molecule has 1 unspecified atom stereocenters. The zero-order valence-electron chi connectivity index (χ0n) is 12.8. The lowest BCUT2D eigenvalue weighted by atomic mass is 10.0. The number of H-pyrrole nitrogens is 1. The molecule has 2 aromatic rings. The summed E-state index contributed by atoms with van der Waals surface area (Å²) in [4.78, 5) is 28.9. The third-order valence-electron chi connectivity index (χ3n) is 4.11. The number of nitrogens with zero attached hydrogens (tertiary/aromatic N) is 1. The summed E-state index contributed by atoms with van der Waals surface area (Å²) in [5, 5.41) is -0.0693. The first kappa shape index (κ1) is 14.9. The lowest BCUT2D eigenvalue weighted by molar-refractivity contribution is 0.0813. The molecular weight excluding hydrogens is 296 g/mol. The number of nitrogens with one attached hydrogen (secondary N) is 1. The topological polar surface area (TPSA) is 53.2 Å². The number of amides is 1. The molecule has 2 heterocycles. The highest BCUT2D eigenvalue weighted by atomic mass is 32.2. The minimum absolute atomic E-state index is 0.0693. The van der Waals surface area contributed by atoms with Gasteiger partial charge in [-0.05, 0) is 23.8 Å². The van der Waals surface area contributed by atoms with Gasteiger partial charge in [-0.15, -0.1) is 11.8 Å². The van der Waals surface area contributed by atoms with Gasteiger partial charge in [-0.2, -0.15) is 0 Å². The van der Waals surface area contributed by atoms with E-state index in [1.807, 2.05) is 18.4 Å². The second-order valence-corrected chi connectivity index (χ2v) is 6.31. The average molecular weight is 314 g/mol. The average Bonchev–Trinajstić information content (AvgIpc) is 2.78.